The quantitative estimate of drug-likeness (QED) is 0.851. The number of anilines is 1. The molecule has 138 valence electrons. The average molecular weight is 351 g/mol. The summed E-state index contributed by atoms with van der Waals surface area (Å²) in [6.07, 6.45) is 3.17. The number of nitrogens with zero attached hydrogens (tertiary/aromatic N) is 1. The number of carbonyl (C=O) groups excluding carboxylic acids is 1. The van der Waals surface area contributed by atoms with Crippen molar-refractivity contribution in [1.29, 1.82) is 0 Å². The van der Waals surface area contributed by atoms with Crippen molar-refractivity contribution < 1.29 is 4.79 Å². The molecule has 2 atom stereocenters. The first kappa shape index (κ1) is 18.5. The first-order valence-electron chi connectivity index (χ1n) is 9.71. The van der Waals surface area contributed by atoms with Gasteiger partial charge in [-0.2, -0.15) is 0 Å². The molecule has 2 aromatic rings. The van der Waals surface area contributed by atoms with Crippen LogP contribution in [0.2, 0.25) is 0 Å². The second-order valence-electron chi connectivity index (χ2n) is 7.62. The standard InChI is InChI=1S/C23H30N2O/c1-5-6-19-8-10-20(11-9-19)23(26)24-21-14-18(4)25(15-21)22-12-7-16(2)17(3)13-22/h7-13,18,21H,5-6,14-15H2,1-4H3,(H,24,26)/t18-,21+/m0/s1. The number of amides is 1. The summed E-state index contributed by atoms with van der Waals surface area (Å²) in [6.45, 7) is 9.57. The molecule has 1 N–H and O–H groups in total. The average Bonchev–Trinajstić information content (AvgIpc) is 2.98. The molecule has 26 heavy (non-hydrogen) atoms. The Kier molecular flexibility index (Phi) is 5.65. The molecule has 3 heteroatoms. The number of nitrogens with one attached hydrogen (secondary N) is 1. The van der Waals surface area contributed by atoms with E-state index < -0.39 is 0 Å². The zero-order valence-corrected chi connectivity index (χ0v) is 16.4. The highest BCUT2D eigenvalue weighted by atomic mass is 16.1. The van der Waals surface area contributed by atoms with Gasteiger partial charge < -0.3 is 10.2 Å². The lowest BCUT2D eigenvalue weighted by Gasteiger charge is -2.24. The molecule has 1 heterocycles. The third kappa shape index (κ3) is 4.09. The van der Waals surface area contributed by atoms with Gasteiger partial charge in [-0.1, -0.05) is 31.5 Å². The summed E-state index contributed by atoms with van der Waals surface area (Å²) >= 11 is 0. The molecule has 0 saturated carbocycles. The third-order valence-electron chi connectivity index (χ3n) is 5.49. The van der Waals surface area contributed by atoms with Gasteiger partial charge >= 0.3 is 0 Å². The zero-order chi connectivity index (χ0) is 18.7. The highest BCUT2D eigenvalue weighted by Crippen LogP contribution is 2.27. The molecule has 1 aliphatic heterocycles. The third-order valence-corrected chi connectivity index (χ3v) is 5.49. The second-order valence-corrected chi connectivity index (χ2v) is 7.62. The maximum absolute atomic E-state index is 12.6. The molecule has 1 amide bonds. The smallest absolute Gasteiger partial charge is 0.251 e. The molecule has 3 rings (SSSR count). The molecule has 0 aliphatic carbocycles. The first-order chi connectivity index (χ1) is 12.5. The molecule has 1 saturated heterocycles. The predicted octanol–water partition coefficient (Wildman–Crippen LogP) is 4.65. The SMILES string of the molecule is CCCc1ccc(C(=O)N[C@@H]2C[C@H](C)N(c3ccc(C)c(C)c3)C2)cc1. The van der Waals surface area contributed by atoms with Crippen LogP contribution in [0.5, 0.6) is 0 Å². The first-order valence-corrected chi connectivity index (χ1v) is 9.71. The van der Waals surface area contributed by atoms with E-state index in [0.717, 1.165) is 31.4 Å². The normalized spacial score (nSPS) is 19.6. The van der Waals surface area contributed by atoms with Crippen LogP contribution in [0, 0.1) is 13.8 Å². The van der Waals surface area contributed by atoms with E-state index in [1.165, 1.54) is 22.4 Å². The molecule has 0 unspecified atom stereocenters. The monoisotopic (exact) mass is 350 g/mol. The Morgan fingerprint density at radius 3 is 2.50 bits per heavy atom. The molecule has 3 nitrogen and oxygen atoms in total. The maximum Gasteiger partial charge on any atom is 0.251 e. The Morgan fingerprint density at radius 2 is 1.85 bits per heavy atom. The Morgan fingerprint density at radius 1 is 1.12 bits per heavy atom. The number of hydrogen-bond donors (Lipinski definition) is 1. The van der Waals surface area contributed by atoms with Crippen LogP contribution >= 0.6 is 0 Å². The van der Waals surface area contributed by atoms with Crippen LogP contribution in [0.25, 0.3) is 0 Å². The largest absolute Gasteiger partial charge is 0.367 e. The zero-order valence-electron chi connectivity index (χ0n) is 16.4. The van der Waals surface area contributed by atoms with Crippen LogP contribution in [0.15, 0.2) is 42.5 Å². The van der Waals surface area contributed by atoms with E-state index in [2.05, 4.69) is 68.2 Å². The minimum atomic E-state index is 0.0344. The molecule has 0 bridgehead atoms. The summed E-state index contributed by atoms with van der Waals surface area (Å²) in [6, 6.07) is 15.3. The van der Waals surface area contributed by atoms with Crippen molar-refractivity contribution in [2.24, 2.45) is 0 Å². The number of benzene rings is 2. The van der Waals surface area contributed by atoms with Gasteiger partial charge in [0.1, 0.15) is 0 Å². The van der Waals surface area contributed by atoms with Gasteiger partial charge in [0.2, 0.25) is 0 Å². The maximum atomic E-state index is 12.6. The van der Waals surface area contributed by atoms with Crippen molar-refractivity contribution in [3.05, 3.63) is 64.7 Å². The second kappa shape index (κ2) is 7.94. The van der Waals surface area contributed by atoms with Crippen LogP contribution in [-0.4, -0.2) is 24.5 Å². The highest BCUT2D eigenvalue weighted by molar-refractivity contribution is 5.94. The van der Waals surface area contributed by atoms with Gasteiger partial charge in [0, 0.05) is 29.9 Å². The molecule has 2 aromatic carbocycles. The lowest BCUT2D eigenvalue weighted by atomic mass is 10.1. The van der Waals surface area contributed by atoms with Crippen molar-refractivity contribution >= 4 is 11.6 Å². The molecule has 0 radical (unpaired) electrons. The number of rotatable bonds is 5. The number of hydrogen-bond acceptors (Lipinski definition) is 2. The Bertz CT molecular complexity index is 766. The van der Waals surface area contributed by atoms with Gasteiger partial charge in [0.15, 0.2) is 0 Å². The minimum Gasteiger partial charge on any atom is -0.367 e. The van der Waals surface area contributed by atoms with Crippen molar-refractivity contribution in [1.82, 2.24) is 5.32 Å². The molecule has 0 spiro atoms. The van der Waals surface area contributed by atoms with Crippen LogP contribution in [-0.2, 0) is 6.42 Å². The van der Waals surface area contributed by atoms with Crippen LogP contribution < -0.4 is 10.2 Å². The van der Waals surface area contributed by atoms with Gasteiger partial charge in [-0.05, 0) is 74.6 Å². The Labute approximate surface area is 157 Å². The summed E-state index contributed by atoms with van der Waals surface area (Å²) in [4.78, 5) is 15.0. The molecule has 1 fully saturated rings. The highest BCUT2D eigenvalue weighted by Gasteiger charge is 2.30. The van der Waals surface area contributed by atoms with Crippen molar-refractivity contribution in [2.75, 3.05) is 11.4 Å². The summed E-state index contributed by atoms with van der Waals surface area (Å²) in [5, 5.41) is 3.22. The summed E-state index contributed by atoms with van der Waals surface area (Å²) < 4.78 is 0. The lowest BCUT2D eigenvalue weighted by molar-refractivity contribution is 0.0940. The molecule has 1 aliphatic rings. The molecular formula is C23H30N2O. The summed E-state index contributed by atoms with van der Waals surface area (Å²) in [5.74, 6) is 0.0344. The lowest BCUT2D eigenvalue weighted by Crippen LogP contribution is -2.37. The predicted molar refractivity (Wildman–Crippen MR) is 109 cm³/mol. The fraction of sp³-hybridized carbons (Fsp3) is 0.435. The van der Waals surface area contributed by atoms with Crippen molar-refractivity contribution in [3.8, 4) is 0 Å². The van der Waals surface area contributed by atoms with E-state index >= 15 is 0 Å². The van der Waals surface area contributed by atoms with E-state index in [9.17, 15) is 4.79 Å². The Balaban J connectivity index is 1.64. The van der Waals surface area contributed by atoms with Crippen molar-refractivity contribution in [3.63, 3.8) is 0 Å². The van der Waals surface area contributed by atoms with E-state index in [0.29, 0.717) is 6.04 Å². The van der Waals surface area contributed by atoms with Crippen LogP contribution in [0.3, 0.4) is 0 Å². The molecular weight excluding hydrogens is 320 g/mol. The minimum absolute atomic E-state index is 0.0344. The summed E-state index contributed by atoms with van der Waals surface area (Å²) in [5.41, 5.74) is 5.93. The van der Waals surface area contributed by atoms with Gasteiger partial charge in [0.05, 0.1) is 0 Å². The fourth-order valence-corrected chi connectivity index (χ4v) is 3.78. The van der Waals surface area contributed by atoms with Gasteiger partial charge in [-0.25, -0.2) is 0 Å². The Hall–Kier alpha value is -2.29. The summed E-state index contributed by atoms with van der Waals surface area (Å²) in [7, 11) is 0. The number of carbonyl (C=O) groups is 1. The van der Waals surface area contributed by atoms with Crippen LogP contribution in [0.4, 0.5) is 5.69 Å². The van der Waals surface area contributed by atoms with E-state index in [-0.39, 0.29) is 11.9 Å². The van der Waals surface area contributed by atoms with E-state index in [1.54, 1.807) is 0 Å². The van der Waals surface area contributed by atoms with Gasteiger partial charge in [0.25, 0.3) is 5.91 Å². The fourth-order valence-electron chi connectivity index (χ4n) is 3.78. The van der Waals surface area contributed by atoms with Gasteiger partial charge in [-0.15, -0.1) is 0 Å². The van der Waals surface area contributed by atoms with E-state index in [1.807, 2.05) is 12.1 Å². The molecule has 0 aromatic heterocycles. The van der Waals surface area contributed by atoms with E-state index in [4.69, 9.17) is 0 Å². The van der Waals surface area contributed by atoms with Gasteiger partial charge in [-0.3, -0.25) is 4.79 Å². The van der Waals surface area contributed by atoms with Crippen LogP contribution in [0.1, 0.15) is 53.7 Å². The number of aryl methyl sites for hydroxylation is 3. The topological polar surface area (TPSA) is 32.3 Å². The van der Waals surface area contributed by atoms with Crippen molar-refractivity contribution in [2.45, 2.75) is 59.0 Å².